The number of rotatable bonds is 0. The summed E-state index contributed by atoms with van der Waals surface area (Å²) in [4.78, 5) is 10.9. The van der Waals surface area contributed by atoms with Crippen molar-refractivity contribution in [2.45, 2.75) is 36.8 Å². The van der Waals surface area contributed by atoms with Gasteiger partial charge in [-0.2, -0.15) is 0 Å². The number of halogens is 1. The molecule has 3 aliphatic heterocycles. The Balaban J connectivity index is 1.81. The molecule has 72 valence electrons. The minimum absolute atomic E-state index is 0.230. The molecule has 0 aliphatic carbocycles. The molecule has 6 heteroatoms. The zero-order valence-electron chi connectivity index (χ0n) is 6.51. The maximum Gasteiger partial charge on any atom is 0.309 e. The van der Waals surface area contributed by atoms with E-state index in [2.05, 4.69) is 0 Å². The molecule has 3 saturated heterocycles. The van der Waals surface area contributed by atoms with Gasteiger partial charge in [0, 0.05) is 0 Å². The third-order valence-corrected chi connectivity index (χ3v) is 2.61. The van der Waals surface area contributed by atoms with Gasteiger partial charge in [0.1, 0.15) is 6.10 Å². The van der Waals surface area contributed by atoms with E-state index in [4.69, 9.17) is 30.5 Å². The lowest BCUT2D eigenvalue weighted by atomic mass is 10.1. The van der Waals surface area contributed by atoms with Crippen LogP contribution in [0.1, 0.15) is 6.42 Å². The molecule has 0 spiro atoms. The van der Waals surface area contributed by atoms with Crippen molar-refractivity contribution in [2.75, 3.05) is 0 Å². The molecule has 0 radical (unpaired) electrons. The fraction of sp³-hybridized carbons (Fsp3) is 0.857. The van der Waals surface area contributed by atoms with Crippen LogP contribution >= 0.6 is 11.6 Å². The van der Waals surface area contributed by atoms with E-state index in [0.717, 1.165) is 0 Å². The normalized spacial score (nSPS) is 53.3. The van der Waals surface area contributed by atoms with Crippen LogP contribution in [0.2, 0.25) is 0 Å². The maximum absolute atomic E-state index is 10.9. The molecule has 0 amide bonds. The Morgan fingerprint density at radius 2 is 2.08 bits per heavy atom. The van der Waals surface area contributed by atoms with Crippen LogP contribution in [0.4, 0.5) is 0 Å². The van der Waals surface area contributed by atoms with Crippen LogP contribution in [0.5, 0.6) is 0 Å². The third-order valence-electron chi connectivity index (χ3n) is 2.41. The van der Waals surface area contributed by atoms with E-state index in [9.17, 15) is 4.79 Å². The fourth-order valence-electron chi connectivity index (χ4n) is 1.88. The van der Waals surface area contributed by atoms with Gasteiger partial charge in [-0.25, -0.2) is 0 Å². The largest absolute Gasteiger partial charge is 0.456 e. The molecule has 0 aromatic carbocycles. The van der Waals surface area contributed by atoms with E-state index in [1.807, 2.05) is 0 Å². The molecule has 0 N–H and O–H groups in total. The molecular weight excluding hydrogens is 200 g/mol. The highest BCUT2D eigenvalue weighted by Crippen LogP contribution is 2.39. The van der Waals surface area contributed by atoms with Crippen LogP contribution in [-0.2, 0) is 23.7 Å². The first-order valence-electron chi connectivity index (χ1n) is 4.04. The smallest absolute Gasteiger partial charge is 0.309 e. The highest BCUT2D eigenvalue weighted by atomic mass is 35.5. The lowest BCUT2D eigenvalue weighted by molar-refractivity contribution is -0.145. The summed E-state index contributed by atoms with van der Waals surface area (Å²) in [6.45, 7) is 0. The Labute approximate surface area is 78.8 Å². The number of fused-ring (bicyclic) bond motifs is 3. The molecule has 13 heavy (non-hydrogen) atoms. The van der Waals surface area contributed by atoms with E-state index in [0.29, 0.717) is 0 Å². The SMILES string of the molecule is O=C1CC2OC3OC(Cl)OC3C2O1. The van der Waals surface area contributed by atoms with Crippen LogP contribution in [-0.4, -0.2) is 36.3 Å². The first-order chi connectivity index (χ1) is 6.24. The van der Waals surface area contributed by atoms with E-state index in [1.54, 1.807) is 0 Å². The average molecular weight is 207 g/mol. The lowest BCUT2D eigenvalue weighted by Crippen LogP contribution is -2.30. The molecular formula is C7H7ClO5. The van der Waals surface area contributed by atoms with Gasteiger partial charge in [0.05, 0.1) is 6.42 Å². The lowest BCUT2D eigenvalue weighted by Gasteiger charge is -2.11. The Hall–Kier alpha value is -0.360. The number of carbonyl (C=O) groups is 1. The summed E-state index contributed by atoms with van der Waals surface area (Å²) in [6, 6.07) is 0. The number of hydrogen-bond acceptors (Lipinski definition) is 5. The van der Waals surface area contributed by atoms with E-state index >= 15 is 0 Å². The number of ether oxygens (including phenoxy) is 4. The first-order valence-corrected chi connectivity index (χ1v) is 4.47. The van der Waals surface area contributed by atoms with Gasteiger partial charge in [0.2, 0.25) is 5.75 Å². The predicted molar refractivity (Wildman–Crippen MR) is 38.8 cm³/mol. The first kappa shape index (κ1) is 7.99. The average Bonchev–Trinajstić information content (AvgIpc) is 2.60. The fourth-order valence-corrected chi connectivity index (χ4v) is 2.10. The van der Waals surface area contributed by atoms with Crippen LogP contribution in [0.15, 0.2) is 0 Å². The Kier molecular flexibility index (Phi) is 1.58. The van der Waals surface area contributed by atoms with Crippen molar-refractivity contribution < 1.29 is 23.7 Å². The van der Waals surface area contributed by atoms with Gasteiger partial charge in [0.25, 0.3) is 0 Å². The van der Waals surface area contributed by atoms with Crippen LogP contribution in [0.3, 0.4) is 0 Å². The number of alkyl halides is 1. The standard InChI is InChI=1S/C7H7ClO5/c8-7-12-5-4-2(1-3(9)11-4)10-6(5)13-7/h2,4-7H,1H2. The Morgan fingerprint density at radius 3 is 2.92 bits per heavy atom. The van der Waals surface area contributed by atoms with Gasteiger partial charge in [-0.1, -0.05) is 11.6 Å². The third kappa shape index (κ3) is 1.08. The van der Waals surface area contributed by atoms with Gasteiger partial charge in [0.15, 0.2) is 18.5 Å². The molecule has 0 bridgehead atoms. The quantitative estimate of drug-likeness (QED) is 0.411. The summed E-state index contributed by atoms with van der Waals surface area (Å²) in [7, 11) is 0. The second kappa shape index (κ2) is 2.57. The van der Waals surface area contributed by atoms with Gasteiger partial charge < -0.3 is 18.9 Å². The molecule has 3 aliphatic rings. The van der Waals surface area contributed by atoms with Gasteiger partial charge in [-0.05, 0) is 0 Å². The Bertz CT molecular complexity index is 257. The molecule has 5 atom stereocenters. The summed E-state index contributed by atoms with van der Waals surface area (Å²) in [5.74, 6) is -1.05. The van der Waals surface area contributed by atoms with E-state index in [1.165, 1.54) is 0 Å². The second-order valence-corrected chi connectivity index (χ2v) is 3.57. The van der Waals surface area contributed by atoms with Crippen LogP contribution < -0.4 is 0 Å². The monoisotopic (exact) mass is 206 g/mol. The minimum atomic E-state index is -0.796. The molecule has 5 nitrogen and oxygen atoms in total. The molecule has 0 aromatic heterocycles. The van der Waals surface area contributed by atoms with Crippen LogP contribution in [0.25, 0.3) is 0 Å². The number of carbonyl (C=O) groups excluding carboxylic acids is 1. The van der Waals surface area contributed by atoms with E-state index < -0.39 is 12.0 Å². The predicted octanol–water partition coefficient (Wildman–Crippen LogP) is -0.0354. The number of esters is 1. The zero-order chi connectivity index (χ0) is 9.00. The van der Waals surface area contributed by atoms with Crippen molar-refractivity contribution in [3.8, 4) is 0 Å². The van der Waals surface area contributed by atoms with Crippen molar-refractivity contribution in [2.24, 2.45) is 0 Å². The maximum atomic E-state index is 10.9. The zero-order valence-corrected chi connectivity index (χ0v) is 7.27. The van der Waals surface area contributed by atoms with Gasteiger partial charge >= 0.3 is 5.97 Å². The van der Waals surface area contributed by atoms with Gasteiger partial charge in [-0.15, -0.1) is 0 Å². The van der Waals surface area contributed by atoms with Crippen molar-refractivity contribution in [3.63, 3.8) is 0 Å². The summed E-state index contributed by atoms with van der Waals surface area (Å²) < 4.78 is 20.7. The van der Waals surface area contributed by atoms with Crippen molar-refractivity contribution >= 4 is 17.6 Å². The van der Waals surface area contributed by atoms with Crippen molar-refractivity contribution in [3.05, 3.63) is 0 Å². The summed E-state index contributed by atoms with van der Waals surface area (Å²) in [5.41, 5.74) is 0. The molecule has 3 rings (SSSR count). The molecule has 0 aromatic rings. The van der Waals surface area contributed by atoms with Crippen LogP contribution in [0, 0.1) is 0 Å². The highest BCUT2D eigenvalue weighted by Gasteiger charge is 2.57. The topological polar surface area (TPSA) is 54.0 Å². The molecule has 5 unspecified atom stereocenters. The van der Waals surface area contributed by atoms with E-state index in [-0.39, 0.29) is 30.7 Å². The highest BCUT2D eigenvalue weighted by molar-refractivity contribution is 6.18. The van der Waals surface area contributed by atoms with Crippen molar-refractivity contribution in [1.82, 2.24) is 0 Å². The minimum Gasteiger partial charge on any atom is -0.456 e. The Morgan fingerprint density at radius 1 is 1.23 bits per heavy atom. The second-order valence-electron chi connectivity index (χ2n) is 3.21. The van der Waals surface area contributed by atoms with Gasteiger partial charge in [-0.3, -0.25) is 4.79 Å². The summed E-state index contributed by atoms with van der Waals surface area (Å²) in [5, 5.41) is 0. The molecule has 3 fully saturated rings. The number of hydrogen-bond donors (Lipinski definition) is 0. The summed E-state index contributed by atoms with van der Waals surface area (Å²) >= 11 is 5.58. The summed E-state index contributed by atoms with van der Waals surface area (Å²) in [6.07, 6.45) is -1.14. The molecule has 3 heterocycles. The van der Waals surface area contributed by atoms with Crippen molar-refractivity contribution in [1.29, 1.82) is 0 Å². The molecule has 0 saturated carbocycles.